The van der Waals surface area contributed by atoms with Crippen LogP contribution in [0.3, 0.4) is 0 Å². The first-order chi connectivity index (χ1) is 15.1. The number of thiophene rings is 1. The summed E-state index contributed by atoms with van der Waals surface area (Å²) < 4.78 is 6.99. The zero-order valence-corrected chi connectivity index (χ0v) is 18.5. The molecule has 0 saturated heterocycles. The number of fused-ring (bicyclic) bond motifs is 1. The first kappa shape index (κ1) is 19.7. The topological polar surface area (TPSA) is 73.8 Å². The Bertz CT molecular complexity index is 1410. The second-order valence-electron chi connectivity index (χ2n) is 7.01. The zero-order chi connectivity index (χ0) is 21.4. The molecule has 0 amide bonds. The highest BCUT2D eigenvalue weighted by atomic mass is 32.2. The monoisotopic (exact) mass is 446 g/mol. The predicted octanol–water partition coefficient (Wildman–Crippen LogP) is 5.66. The summed E-state index contributed by atoms with van der Waals surface area (Å²) >= 11 is 2.95. The third kappa shape index (κ3) is 3.80. The molecular weight excluding hydrogens is 428 g/mol. The van der Waals surface area contributed by atoms with Gasteiger partial charge in [-0.3, -0.25) is 9.36 Å². The summed E-state index contributed by atoms with van der Waals surface area (Å²) in [7, 11) is 0. The van der Waals surface area contributed by atoms with Crippen LogP contribution in [0.4, 0.5) is 0 Å². The molecule has 2 aromatic carbocycles. The number of hydrogen-bond donors (Lipinski definition) is 0. The Morgan fingerprint density at radius 1 is 1.03 bits per heavy atom. The van der Waals surface area contributed by atoms with Crippen molar-refractivity contribution in [1.29, 1.82) is 0 Å². The van der Waals surface area contributed by atoms with E-state index in [1.54, 1.807) is 11.5 Å². The quantitative estimate of drug-likeness (QED) is 0.256. The van der Waals surface area contributed by atoms with Gasteiger partial charge in [0.05, 0.1) is 16.3 Å². The molecular formula is C23H18N4O2S2. The van der Waals surface area contributed by atoms with E-state index in [0.717, 1.165) is 16.1 Å². The normalized spacial score (nSPS) is 12.3. The van der Waals surface area contributed by atoms with Crippen molar-refractivity contribution in [2.45, 2.75) is 24.3 Å². The minimum Gasteiger partial charge on any atom is -0.338 e. The summed E-state index contributed by atoms with van der Waals surface area (Å²) in [6.07, 6.45) is 0. The Kier molecular flexibility index (Phi) is 5.17. The molecule has 5 rings (SSSR count). The van der Waals surface area contributed by atoms with Crippen LogP contribution < -0.4 is 5.56 Å². The number of nitrogens with zero attached hydrogens (tertiary/aromatic N) is 4. The van der Waals surface area contributed by atoms with Crippen LogP contribution >= 0.6 is 23.1 Å². The number of aryl methyl sites for hydroxylation is 1. The zero-order valence-electron chi connectivity index (χ0n) is 16.9. The van der Waals surface area contributed by atoms with Crippen molar-refractivity contribution in [2.75, 3.05) is 0 Å². The van der Waals surface area contributed by atoms with E-state index < -0.39 is 0 Å². The van der Waals surface area contributed by atoms with Crippen molar-refractivity contribution in [1.82, 2.24) is 19.7 Å². The van der Waals surface area contributed by atoms with Gasteiger partial charge in [-0.25, -0.2) is 4.98 Å². The van der Waals surface area contributed by atoms with E-state index in [1.807, 2.05) is 73.7 Å². The van der Waals surface area contributed by atoms with Crippen molar-refractivity contribution in [3.63, 3.8) is 0 Å². The Labute approximate surface area is 186 Å². The molecule has 5 aromatic rings. The number of thioether (sulfide) groups is 1. The lowest BCUT2D eigenvalue weighted by atomic mass is 10.2. The first-order valence-electron chi connectivity index (χ1n) is 9.74. The number of aromatic nitrogens is 4. The van der Waals surface area contributed by atoms with Crippen molar-refractivity contribution >= 4 is 33.3 Å². The lowest BCUT2D eigenvalue weighted by molar-refractivity contribution is 0.376. The van der Waals surface area contributed by atoms with Gasteiger partial charge in [0.1, 0.15) is 4.83 Å². The van der Waals surface area contributed by atoms with Crippen LogP contribution in [-0.4, -0.2) is 19.7 Å². The van der Waals surface area contributed by atoms with Crippen LogP contribution in [0.25, 0.3) is 26.3 Å². The van der Waals surface area contributed by atoms with Crippen molar-refractivity contribution in [3.8, 4) is 16.1 Å². The molecule has 0 aliphatic rings. The molecule has 0 fully saturated rings. The van der Waals surface area contributed by atoms with Crippen LogP contribution in [0.5, 0.6) is 0 Å². The molecule has 1 unspecified atom stereocenters. The third-order valence-corrected chi connectivity index (χ3v) is 6.90. The fraction of sp³-hybridized carbons (Fsp3) is 0.130. The largest absolute Gasteiger partial charge is 0.338 e. The highest BCUT2D eigenvalue weighted by molar-refractivity contribution is 7.99. The molecule has 154 valence electrons. The number of hydrogen-bond acceptors (Lipinski definition) is 7. The molecule has 0 aliphatic carbocycles. The summed E-state index contributed by atoms with van der Waals surface area (Å²) in [6.45, 7) is 3.75. The molecule has 0 radical (unpaired) electrons. The van der Waals surface area contributed by atoms with Gasteiger partial charge in [-0.15, -0.1) is 11.3 Å². The van der Waals surface area contributed by atoms with Crippen molar-refractivity contribution < 1.29 is 4.52 Å². The van der Waals surface area contributed by atoms with Crippen LogP contribution in [0.1, 0.15) is 23.9 Å². The molecule has 0 bridgehead atoms. The molecule has 0 saturated carbocycles. The van der Waals surface area contributed by atoms with E-state index in [4.69, 9.17) is 9.51 Å². The maximum atomic E-state index is 13.6. The van der Waals surface area contributed by atoms with Crippen LogP contribution in [0.15, 0.2) is 81.2 Å². The van der Waals surface area contributed by atoms with E-state index in [2.05, 4.69) is 10.1 Å². The Hall–Kier alpha value is -3.23. The maximum Gasteiger partial charge on any atom is 0.267 e. The second-order valence-corrected chi connectivity index (χ2v) is 9.34. The minimum absolute atomic E-state index is 0.0916. The average Bonchev–Trinajstić information content (AvgIpc) is 3.42. The lowest BCUT2D eigenvalue weighted by Crippen LogP contribution is -2.21. The van der Waals surface area contributed by atoms with Gasteiger partial charge in [-0.2, -0.15) is 4.98 Å². The fourth-order valence-electron chi connectivity index (χ4n) is 3.28. The summed E-state index contributed by atoms with van der Waals surface area (Å²) in [5.74, 6) is 1.09. The van der Waals surface area contributed by atoms with E-state index in [9.17, 15) is 4.79 Å². The number of rotatable bonds is 5. The minimum atomic E-state index is -0.158. The highest BCUT2D eigenvalue weighted by Gasteiger charge is 2.21. The van der Waals surface area contributed by atoms with Crippen LogP contribution in [0, 0.1) is 6.92 Å². The molecule has 0 N–H and O–H groups in total. The van der Waals surface area contributed by atoms with Crippen molar-refractivity contribution in [3.05, 3.63) is 88.8 Å². The summed E-state index contributed by atoms with van der Waals surface area (Å²) in [4.78, 5) is 24.5. The molecule has 3 heterocycles. The van der Waals surface area contributed by atoms with Gasteiger partial charge in [0, 0.05) is 4.88 Å². The lowest BCUT2D eigenvalue weighted by Gasteiger charge is -2.13. The van der Waals surface area contributed by atoms with E-state index in [0.29, 0.717) is 27.1 Å². The Morgan fingerprint density at radius 3 is 2.42 bits per heavy atom. The average molecular weight is 447 g/mol. The number of benzene rings is 2. The summed E-state index contributed by atoms with van der Waals surface area (Å²) in [5.41, 5.74) is 1.75. The number of para-hydroxylation sites is 1. The molecule has 8 heteroatoms. The molecule has 6 nitrogen and oxygen atoms in total. The van der Waals surface area contributed by atoms with Gasteiger partial charge >= 0.3 is 0 Å². The van der Waals surface area contributed by atoms with Gasteiger partial charge in [-0.05, 0) is 37.6 Å². The molecule has 0 aliphatic heterocycles. The smallest absolute Gasteiger partial charge is 0.267 e. The molecule has 1 atom stereocenters. The summed E-state index contributed by atoms with van der Waals surface area (Å²) in [5, 5.41) is 4.92. The Balaban J connectivity index is 1.67. The van der Waals surface area contributed by atoms with Gasteiger partial charge < -0.3 is 4.52 Å². The van der Waals surface area contributed by atoms with Crippen molar-refractivity contribution in [2.24, 2.45) is 0 Å². The third-order valence-electron chi connectivity index (χ3n) is 4.78. The van der Waals surface area contributed by atoms with E-state index in [-0.39, 0.29) is 10.8 Å². The summed E-state index contributed by atoms with van der Waals surface area (Å²) in [6, 6.07) is 21.5. The van der Waals surface area contributed by atoms with E-state index in [1.165, 1.54) is 23.1 Å². The van der Waals surface area contributed by atoms with Gasteiger partial charge in [-0.1, -0.05) is 65.4 Å². The van der Waals surface area contributed by atoms with Crippen LogP contribution in [0.2, 0.25) is 0 Å². The second kappa shape index (κ2) is 8.13. The highest BCUT2D eigenvalue weighted by Crippen LogP contribution is 2.36. The predicted molar refractivity (Wildman–Crippen MR) is 124 cm³/mol. The Morgan fingerprint density at radius 2 is 1.74 bits per heavy atom. The first-order valence-corrected chi connectivity index (χ1v) is 11.4. The van der Waals surface area contributed by atoms with E-state index >= 15 is 0 Å². The van der Waals surface area contributed by atoms with Gasteiger partial charge in [0.15, 0.2) is 11.0 Å². The molecule has 31 heavy (non-hydrogen) atoms. The molecule has 0 spiro atoms. The standard InChI is InChI=1S/C23H18N4O2S2/c1-14(20-24-15(2)26-29-20)30-23-25-21-18(13-19(31-21)16-9-5-3-6-10-16)22(28)27(23)17-11-7-4-8-12-17/h3-14H,1-2H3. The molecule has 3 aromatic heterocycles. The fourth-order valence-corrected chi connectivity index (χ4v) is 5.31. The van der Waals surface area contributed by atoms with Gasteiger partial charge in [0.25, 0.3) is 5.56 Å². The van der Waals surface area contributed by atoms with Crippen LogP contribution in [-0.2, 0) is 0 Å². The van der Waals surface area contributed by atoms with Gasteiger partial charge in [0.2, 0.25) is 5.89 Å². The maximum absolute atomic E-state index is 13.6. The SMILES string of the molecule is Cc1noc(C(C)Sc2nc3sc(-c4ccccc4)cc3c(=O)n2-c2ccccc2)n1.